The molecule has 0 fully saturated rings. The van der Waals surface area contributed by atoms with E-state index in [9.17, 15) is 14.4 Å². The van der Waals surface area contributed by atoms with Crippen molar-refractivity contribution in [2.45, 2.75) is 355 Å². The maximum absolute atomic E-state index is 12.9. The van der Waals surface area contributed by atoms with Gasteiger partial charge in [-0.2, -0.15) is 0 Å². The van der Waals surface area contributed by atoms with Crippen molar-refractivity contribution in [2.24, 2.45) is 11.8 Å². The first-order valence-electron chi connectivity index (χ1n) is 30.8. The minimum Gasteiger partial charge on any atom is -0.462 e. The van der Waals surface area contributed by atoms with Crippen molar-refractivity contribution >= 4 is 17.9 Å². The van der Waals surface area contributed by atoms with Gasteiger partial charge in [0, 0.05) is 19.3 Å². The van der Waals surface area contributed by atoms with Gasteiger partial charge in [-0.05, 0) is 31.1 Å². The Hall–Kier alpha value is -1.59. The van der Waals surface area contributed by atoms with Crippen LogP contribution in [0.2, 0.25) is 0 Å². The fraction of sp³-hybridized carbons (Fsp3) is 0.952. The predicted molar refractivity (Wildman–Crippen MR) is 293 cm³/mol. The zero-order valence-electron chi connectivity index (χ0n) is 46.7. The Kier molecular flexibility index (Phi) is 53.5. The summed E-state index contributed by atoms with van der Waals surface area (Å²) >= 11 is 0. The molecule has 0 aromatic carbocycles. The highest BCUT2D eigenvalue weighted by Crippen LogP contribution is 2.19. The van der Waals surface area contributed by atoms with Gasteiger partial charge >= 0.3 is 17.9 Å². The second-order valence-corrected chi connectivity index (χ2v) is 22.1. The van der Waals surface area contributed by atoms with E-state index in [1.54, 1.807) is 0 Å². The Labute approximate surface area is 425 Å². The molecule has 404 valence electrons. The van der Waals surface area contributed by atoms with E-state index in [1.165, 1.54) is 238 Å². The zero-order chi connectivity index (χ0) is 49.6. The van der Waals surface area contributed by atoms with Crippen molar-refractivity contribution in [3.63, 3.8) is 0 Å². The second-order valence-electron chi connectivity index (χ2n) is 22.1. The summed E-state index contributed by atoms with van der Waals surface area (Å²) in [5, 5.41) is 0. The fourth-order valence-electron chi connectivity index (χ4n) is 9.55. The first kappa shape index (κ1) is 66.4. The van der Waals surface area contributed by atoms with Gasteiger partial charge in [0.1, 0.15) is 13.2 Å². The molecule has 0 aromatic rings. The Bertz CT molecular complexity index is 1040. The van der Waals surface area contributed by atoms with Crippen molar-refractivity contribution < 1.29 is 28.6 Å². The lowest BCUT2D eigenvalue weighted by molar-refractivity contribution is -0.167. The molecule has 0 aliphatic heterocycles. The molecule has 0 aliphatic carbocycles. The molecule has 6 heteroatoms. The van der Waals surface area contributed by atoms with E-state index >= 15 is 0 Å². The smallest absolute Gasteiger partial charge is 0.306 e. The summed E-state index contributed by atoms with van der Waals surface area (Å²) in [6.45, 7) is 11.5. The van der Waals surface area contributed by atoms with Crippen LogP contribution in [0.25, 0.3) is 0 Å². The summed E-state index contributed by atoms with van der Waals surface area (Å²) in [6, 6.07) is 0. The maximum Gasteiger partial charge on any atom is 0.306 e. The lowest BCUT2D eigenvalue weighted by Crippen LogP contribution is -2.30. The molecule has 0 N–H and O–H groups in total. The zero-order valence-corrected chi connectivity index (χ0v) is 46.7. The summed E-state index contributed by atoms with van der Waals surface area (Å²) in [5.74, 6) is 0.914. The van der Waals surface area contributed by atoms with Gasteiger partial charge in [0.15, 0.2) is 6.10 Å². The summed E-state index contributed by atoms with van der Waals surface area (Å²) in [5.41, 5.74) is 0. The number of ether oxygens (including phenoxy) is 3. The normalized spacial score (nSPS) is 12.4. The molecule has 0 bridgehead atoms. The molecule has 0 rings (SSSR count). The van der Waals surface area contributed by atoms with Crippen molar-refractivity contribution in [3.8, 4) is 0 Å². The molecule has 68 heavy (non-hydrogen) atoms. The monoisotopic (exact) mass is 961 g/mol. The average Bonchev–Trinajstić information content (AvgIpc) is 3.32. The Morgan fingerprint density at radius 2 is 0.559 bits per heavy atom. The van der Waals surface area contributed by atoms with Crippen molar-refractivity contribution in [1.82, 2.24) is 0 Å². The van der Waals surface area contributed by atoms with E-state index in [4.69, 9.17) is 14.2 Å². The van der Waals surface area contributed by atoms with Crippen LogP contribution < -0.4 is 0 Å². The Morgan fingerprint density at radius 3 is 0.838 bits per heavy atom. The molecule has 2 atom stereocenters. The first-order chi connectivity index (χ1) is 33.3. The highest BCUT2D eigenvalue weighted by Gasteiger charge is 2.19. The topological polar surface area (TPSA) is 78.9 Å². The maximum atomic E-state index is 12.9. The summed E-state index contributed by atoms with van der Waals surface area (Å²) < 4.78 is 16.9. The molecule has 1 unspecified atom stereocenters. The highest BCUT2D eigenvalue weighted by atomic mass is 16.6. The van der Waals surface area contributed by atoms with E-state index in [0.29, 0.717) is 19.3 Å². The van der Waals surface area contributed by atoms with Gasteiger partial charge in [-0.1, -0.05) is 311 Å². The van der Waals surface area contributed by atoms with Crippen LogP contribution in [0.5, 0.6) is 0 Å². The van der Waals surface area contributed by atoms with Gasteiger partial charge in [0.05, 0.1) is 0 Å². The number of hydrogen-bond acceptors (Lipinski definition) is 6. The number of carbonyl (C=O) groups is 3. The SMILES string of the molecule is CCCCCCCCCCCCCCCC(=O)OC[C@H](COC(=O)CCCCCCCCCCCCCCCCC(C)CC)OC(=O)CCCCCCCCCCCCCCCCCCC(C)C. The minimum atomic E-state index is -0.763. The van der Waals surface area contributed by atoms with E-state index in [0.717, 1.165) is 69.6 Å². The average molecular weight is 962 g/mol. The molecule has 0 saturated carbocycles. The van der Waals surface area contributed by atoms with Crippen LogP contribution in [0.15, 0.2) is 0 Å². The number of esters is 3. The molecule has 0 radical (unpaired) electrons. The quantitative estimate of drug-likeness (QED) is 0.0343. The summed E-state index contributed by atoms with van der Waals surface area (Å²) in [4.78, 5) is 38.2. The van der Waals surface area contributed by atoms with Crippen molar-refractivity contribution in [2.75, 3.05) is 13.2 Å². The van der Waals surface area contributed by atoms with Gasteiger partial charge in [-0.3, -0.25) is 14.4 Å². The van der Waals surface area contributed by atoms with Crippen LogP contribution >= 0.6 is 0 Å². The van der Waals surface area contributed by atoms with Crippen LogP contribution in [-0.4, -0.2) is 37.2 Å². The third-order valence-electron chi connectivity index (χ3n) is 14.6. The third kappa shape index (κ3) is 53.8. The van der Waals surface area contributed by atoms with Crippen LogP contribution in [0.4, 0.5) is 0 Å². The van der Waals surface area contributed by atoms with E-state index in [2.05, 4.69) is 34.6 Å². The van der Waals surface area contributed by atoms with Crippen molar-refractivity contribution in [3.05, 3.63) is 0 Å². The predicted octanol–water partition coefficient (Wildman–Crippen LogP) is 20.4. The van der Waals surface area contributed by atoms with E-state index < -0.39 is 6.10 Å². The number of carbonyl (C=O) groups excluding carboxylic acids is 3. The molecule has 6 nitrogen and oxygen atoms in total. The molecule has 0 amide bonds. The lowest BCUT2D eigenvalue weighted by atomic mass is 9.99. The Morgan fingerprint density at radius 1 is 0.309 bits per heavy atom. The Balaban J connectivity index is 4.28. The molecular formula is C62H120O6. The van der Waals surface area contributed by atoms with Gasteiger partial charge in [-0.15, -0.1) is 0 Å². The molecule has 0 aliphatic rings. The second kappa shape index (κ2) is 54.7. The lowest BCUT2D eigenvalue weighted by Gasteiger charge is -2.18. The van der Waals surface area contributed by atoms with Gasteiger partial charge in [0.2, 0.25) is 0 Å². The highest BCUT2D eigenvalue weighted by molar-refractivity contribution is 5.71. The van der Waals surface area contributed by atoms with Crippen LogP contribution in [0.3, 0.4) is 0 Å². The number of hydrogen-bond donors (Lipinski definition) is 0. The van der Waals surface area contributed by atoms with Gasteiger partial charge in [-0.25, -0.2) is 0 Å². The molecule has 0 aromatic heterocycles. The fourth-order valence-corrected chi connectivity index (χ4v) is 9.55. The van der Waals surface area contributed by atoms with Gasteiger partial charge in [0.25, 0.3) is 0 Å². The van der Waals surface area contributed by atoms with Crippen LogP contribution in [0, 0.1) is 11.8 Å². The third-order valence-corrected chi connectivity index (χ3v) is 14.6. The molecule has 0 heterocycles. The summed E-state index contributed by atoms with van der Waals surface area (Å²) in [7, 11) is 0. The first-order valence-corrected chi connectivity index (χ1v) is 30.8. The standard InChI is InChI=1S/C62H120O6/c1-6-8-9-10-11-12-13-20-27-32-37-42-47-52-60(63)66-55-59(56-67-61(64)53-48-43-38-33-28-23-19-18-22-26-31-36-41-46-51-58(5)7-2)68-62(65)54-49-44-39-34-29-24-17-15-14-16-21-25-30-35-40-45-50-57(3)4/h57-59H,6-56H2,1-5H3/t58?,59-/m1/s1. The van der Waals surface area contributed by atoms with Crippen molar-refractivity contribution in [1.29, 1.82) is 0 Å². The molecule has 0 spiro atoms. The summed E-state index contributed by atoms with van der Waals surface area (Å²) in [6.07, 6.45) is 59.5. The van der Waals surface area contributed by atoms with Gasteiger partial charge < -0.3 is 14.2 Å². The largest absolute Gasteiger partial charge is 0.462 e. The molecule has 0 saturated heterocycles. The van der Waals surface area contributed by atoms with E-state index in [1.807, 2.05) is 0 Å². The number of rotatable bonds is 56. The van der Waals surface area contributed by atoms with Crippen LogP contribution in [0.1, 0.15) is 349 Å². The van der Waals surface area contributed by atoms with E-state index in [-0.39, 0.29) is 31.1 Å². The van der Waals surface area contributed by atoms with Crippen LogP contribution in [-0.2, 0) is 28.6 Å². The molecular weight excluding hydrogens is 841 g/mol. The minimum absolute atomic E-state index is 0.0621. The number of unbranched alkanes of at least 4 members (excludes halogenated alkanes) is 40.